The second kappa shape index (κ2) is 7.61. The summed E-state index contributed by atoms with van der Waals surface area (Å²) in [4.78, 5) is 25.3. The molecule has 0 saturated heterocycles. The lowest BCUT2D eigenvalue weighted by Crippen LogP contribution is -2.22. The van der Waals surface area contributed by atoms with Gasteiger partial charge in [-0.2, -0.15) is 5.10 Å². The van der Waals surface area contributed by atoms with Crippen molar-refractivity contribution < 1.29 is 14.6 Å². The number of hydrogen-bond acceptors (Lipinski definition) is 6. The number of aromatic carboxylic acids is 1. The third-order valence-corrected chi connectivity index (χ3v) is 6.58. The summed E-state index contributed by atoms with van der Waals surface area (Å²) in [7, 11) is 0.631. The average Bonchev–Trinajstić information content (AvgIpc) is 3.23. The van der Waals surface area contributed by atoms with Gasteiger partial charge in [-0.15, -0.1) is 0 Å². The Kier molecular flexibility index (Phi) is 5.12. The molecule has 0 radical (unpaired) electrons. The van der Waals surface area contributed by atoms with Gasteiger partial charge in [0.05, 0.1) is 11.7 Å². The topological polar surface area (TPSA) is 108 Å². The van der Waals surface area contributed by atoms with Crippen LogP contribution < -0.4 is 0 Å². The highest BCUT2D eigenvalue weighted by molar-refractivity contribution is 6.76. The van der Waals surface area contributed by atoms with Crippen molar-refractivity contribution in [3.8, 4) is 11.4 Å². The van der Waals surface area contributed by atoms with Gasteiger partial charge in [0, 0.05) is 34.1 Å². The molecule has 4 aromatic heterocycles. The van der Waals surface area contributed by atoms with E-state index in [1.165, 1.54) is 6.20 Å². The van der Waals surface area contributed by atoms with Crippen molar-refractivity contribution in [2.24, 2.45) is 7.05 Å². The number of fused-ring (bicyclic) bond motifs is 2. The van der Waals surface area contributed by atoms with Crippen LogP contribution in [0.4, 0.5) is 0 Å². The predicted molar refractivity (Wildman–Crippen MR) is 116 cm³/mol. The molecule has 0 aliphatic rings. The van der Waals surface area contributed by atoms with E-state index in [1.807, 2.05) is 19.2 Å². The summed E-state index contributed by atoms with van der Waals surface area (Å²) in [5.41, 5.74) is 3.47. The molecular formula is C20H24N6O3Si. The first-order valence-electron chi connectivity index (χ1n) is 9.69. The first kappa shape index (κ1) is 20.2. The highest BCUT2D eigenvalue weighted by Crippen LogP contribution is 2.27. The van der Waals surface area contributed by atoms with Crippen molar-refractivity contribution in [3.05, 3.63) is 36.3 Å². The summed E-state index contributed by atoms with van der Waals surface area (Å²) in [6.07, 6.45) is 4.82. The number of pyridine rings is 1. The third kappa shape index (κ3) is 3.83. The molecule has 0 aliphatic heterocycles. The molecule has 0 spiro atoms. The molecule has 0 unspecified atom stereocenters. The van der Waals surface area contributed by atoms with E-state index in [9.17, 15) is 9.90 Å². The van der Waals surface area contributed by atoms with Gasteiger partial charge >= 0.3 is 5.97 Å². The van der Waals surface area contributed by atoms with Crippen LogP contribution in [0.5, 0.6) is 0 Å². The molecule has 0 atom stereocenters. The Morgan fingerprint density at radius 1 is 1.23 bits per heavy atom. The van der Waals surface area contributed by atoms with Crippen molar-refractivity contribution in [1.29, 1.82) is 0 Å². The Balaban J connectivity index is 1.72. The van der Waals surface area contributed by atoms with E-state index in [0.717, 1.165) is 11.6 Å². The van der Waals surface area contributed by atoms with E-state index >= 15 is 0 Å². The minimum atomic E-state index is -1.20. The molecule has 10 heteroatoms. The highest BCUT2D eigenvalue weighted by atomic mass is 28.3. The van der Waals surface area contributed by atoms with E-state index in [4.69, 9.17) is 4.74 Å². The minimum Gasteiger partial charge on any atom is -0.478 e. The normalized spacial score (nSPS) is 12.1. The summed E-state index contributed by atoms with van der Waals surface area (Å²) in [6, 6.07) is 4.79. The standard InChI is InChI=1S/C20H24N6O3Si/c1-25-15-6-5-7-21-18(15)17(24-25)14-10-22-19-16(23-14)13(20(27)28)11-26(19)12-29-8-9-30(2,3)4/h5-7,10-11H,8-9,12H2,1-4H3,(H,27,28). The molecular weight excluding hydrogens is 400 g/mol. The predicted octanol–water partition coefficient (Wildman–Crippen LogP) is 3.39. The first-order valence-corrected chi connectivity index (χ1v) is 13.4. The maximum atomic E-state index is 11.8. The van der Waals surface area contributed by atoms with E-state index in [1.54, 1.807) is 21.6 Å². The summed E-state index contributed by atoms with van der Waals surface area (Å²) >= 11 is 0. The van der Waals surface area contributed by atoms with Crippen molar-refractivity contribution in [2.75, 3.05) is 6.61 Å². The lowest BCUT2D eigenvalue weighted by atomic mass is 10.2. The molecule has 4 heterocycles. The zero-order valence-corrected chi connectivity index (χ0v) is 18.5. The molecule has 0 amide bonds. The van der Waals surface area contributed by atoms with Gasteiger partial charge in [-0.25, -0.2) is 14.8 Å². The first-order chi connectivity index (χ1) is 14.2. The van der Waals surface area contributed by atoms with E-state index < -0.39 is 14.0 Å². The number of aryl methyl sites for hydroxylation is 1. The lowest BCUT2D eigenvalue weighted by molar-refractivity contribution is 0.0696. The monoisotopic (exact) mass is 424 g/mol. The Bertz CT molecular complexity index is 1240. The summed E-state index contributed by atoms with van der Waals surface area (Å²) < 4.78 is 9.19. The van der Waals surface area contributed by atoms with Gasteiger partial charge in [-0.1, -0.05) is 19.6 Å². The number of carboxylic acid groups (broad SMARTS) is 1. The molecule has 9 nitrogen and oxygen atoms in total. The maximum absolute atomic E-state index is 11.8. The maximum Gasteiger partial charge on any atom is 0.339 e. The van der Waals surface area contributed by atoms with Crippen LogP contribution in [0.3, 0.4) is 0 Å². The number of nitrogens with zero attached hydrogens (tertiary/aromatic N) is 6. The van der Waals surface area contributed by atoms with Gasteiger partial charge in [0.15, 0.2) is 5.65 Å². The number of carbonyl (C=O) groups is 1. The van der Waals surface area contributed by atoms with Crippen LogP contribution in [0.2, 0.25) is 25.7 Å². The van der Waals surface area contributed by atoms with Crippen molar-refractivity contribution >= 4 is 36.2 Å². The molecule has 30 heavy (non-hydrogen) atoms. The SMILES string of the molecule is Cn1nc(-c2cnc3c(n2)c(C(=O)O)cn3COCC[Si](C)(C)C)c2ncccc21. The van der Waals surface area contributed by atoms with Crippen LogP contribution >= 0.6 is 0 Å². The smallest absolute Gasteiger partial charge is 0.339 e. The van der Waals surface area contributed by atoms with E-state index in [0.29, 0.717) is 34.7 Å². The fraction of sp³-hybridized carbons (Fsp3) is 0.350. The Morgan fingerprint density at radius 3 is 2.77 bits per heavy atom. The van der Waals surface area contributed by atoms with E-state index in [-0.39, 0.29) is 12.3 Å². The van der Waals surface area contributed by atoms with Crippen LogP contribution in [0.15, 0.2) is 30.7 Å². The van der Waals surface area contributed by atoms with Crippen LogP contribution in [0.1, 0.15) is 10.4 Å². The fourth-order valence-electron chi connectivity index (χ4n) is 3.23. The zero-order valence-electron chi connectivity index (χ0n) is 17.5. The van der Waals surface area contributed by atoms with Gasteiger partial charge in [-0.3, -0.25) is 9.67 Å². The van der Waals surface area contributed by atoms with Crippen LogP contribution in [0.25, 0.3) is 33.6 Å². The number of ether oxygens (including phenoxy) is 1. The van der Waals surface area contributed by atoms with Gasteiger partial charge in [0.25, 0.3) is 0 Å². The fourth-order valence-corrected chi connectivity index (χ4v) is 3.98. The van der Waals surface area contributed by atoms with Crippen LogP contribution in [-0.2, 0) is 18.5 Å². The summed E-state index contributed by atoms with van der Waals surface area (Å²) in [5.74, 6) is -1.06. The summed E-state index contributed by atoms with van der Waals surface area (Å²) in [6.45, 7) is 7.72. The number of carboxylic acids is 1. The molecule has 0 bridgehead atoms. The second-order valence-electron chi connectivity index (χ2n) is 8.44. The Morgan fingerprint density at radius 2 is 2.03 bits per heavy atom. The third-order valence-electron chi connectivity index (χ3n) is 4.87. The van der Waals surface area contributed by atoms with Crippen molar-refractivity contribution in [1.82, 2.24) is 29.3 Å². The highest BCUT2D eigenvalue weighted by Gasteiger charge is 2.20. The zero-order chi connectivity index (χ0) is 21.5. The van der Waals surface area contributed by atoms with Crippen LogP contribution in [0, 0.1) is 0 Å². The number of rotatable bonds is 7. The molecule has 0 fully saturated rings. The van der Waals surface area contributed by atoms with Gasteiger partial charge < -0.3 is 14.4 Å². The molecule has 0 aliphatic carbocycles. The van der Waals surface area contributed by atoms with E-state index in [2.05, 4.69) is 39.7 Å². The lowest BCUT2D eigenvalue weighted by Gasteiger charge is -2.15. The van der Waals surface area contributed by atoms with Crippen LogP contribution in [-0.4, -0.2) is 55.1 Å². The summed E-state index contributed by atoms with van der Waals surface area (Å²) in [5, 5.41) is 14.2. The van der Waals surface area contributed by atoms with Gasteiger partial charge in [-0.05, 0) is 18.2 Å². The molecule has 156 valence electrons. The largest absolute Gasteiger partial charge is 0.478 e. The number of hydrogen-bond donors (Lipinski definition) is 1. The Labute approximate surface area is 174 Å². The molecule has 0 aromatic carbocycles. The quantitative estimate of drug-likeness (QED) is 0.358. The van der Waals surface area contributed by atoms with Crippen molar-refractivity contribution in [3.63, 3.8) is 0 Å². The Hall–Kier alpha value is -3.11. The average molecular weight is 425 g/mol. The molecule has 0 saturated carbocycles. The van der Waals surface area contributed by atoms with Gasteiger partial charge in [0.2, 0.25) is 0 Å². The molecule has 4 aromatic rings. The number of aromatic nitrogens is 6. The molecule has 4 rings (SSSR count). The van der Waals surface area contributed by atoms with Gasteiger partial charge in [0.1, 0.15) is 34.7 Å². The van der Waals surface area contributed by atoms with Crippen molar-refractivity contribution in [2.45, 2.75) is 32.4 Å². The minimum absolute atomic E-state index is 0.0846. The molecule has 1 N–H and O–H groups in total. The second-order valence-corrected chi connectivity index (χ2v) is 14.1.